The normalized spacial score (nSPS) is 15.9. The number of carbonyl (C=O) groups is 2. The molecule has 1 aromatic rings. The van der Waals surface area contributed by atoms with Crippen LogP contribution in [0.4, 0.5) is 0 Å². The Morgan fingerprint density at radius 1 is 1.06 bits per heavy atom. The van der Waals surface area contributed by atoms with E-state index < -0.39 is 5.41 Å². The molecule has 0 bridgehead atoms. The molecule has 7 heteroatoms. The fraction of sp³-hybridized carbons (Fsp3) is 0.577. The predicted molar refractivity (Wildman–Crippen MR) is 129 cm³/mol. The van der Waals surface area contributed by atoms with E-state index in [0.717, 1.165) is 12.8 Å². The SMILES string of the molecule is CCCCCCCCCCCCNC(=O)c1ccc(Cl)c(C2=N/C(=C/[O-])C(=O)C2(C)C)c1.[Na+]. The number of benzene rings is 1. The number of unbranched alkanes of at least 4 members (excludes halogenated alkanes) is 9. The molecule has 0 atom stereocenters. The Morgan fingerprint density at radius 2 is 1.64 bits per heavy atom. The van der Waals surface area contributed by atoms with Crippen LogP contribution in [0.15, 0.2) is 35.2 Å². The summed E-state index contributed by atoms with van der Waals surface area (Å²) in [5.74, 6) is -0.518. The van der Waals surface area contributed by atoms with Gasteiger partial charge in [0.15, 0.2) is 5.78 Å². The Morgan fingerprint density at radius 3 is 2.18 bits per heavy atom. The van der Waals surface area contributed by atoms with Crippen molar-refractivity contribution in [3.63, 3.8) is 0 Å². The monoisotopic (exact) mass is 482 g/mol. The van der Waals surface area contributed by atoms with Gasteiger partial charge in [0.2, 0.25) is 0 Å². The van der Waals surface area contributed by atoms with Crippen molar-refractivity contribution in [3.8, 4) is 0 Å². The molecule has 1 heterocycles. The summed E-state index contributed by atoms with van der Waals surface area (Å²) in [6, 6.07) is 4.94. The van der Waals surface area contributed by atoms with Gasteiger partial charge < -0.3 is 10.4 Å². The summed E-state index contributed by atoms with van der Waals surface area (Å²) >= 11 is 6.35. The van der Waals surface area contributed by atoms with Crippen LogP contribution in [0, 0.1) is 5.41 Å². The van der Waals surface area contributed by atoms with E-state index >= 15 is 0 Å². The van der Waals surface area contributed by atoms with Crippen LogP contribution in [-0.2, 0) is 4.79 Å². The Labute approximate surface area is 225 Å². The first-order valence-corrected chi connectivity index (χ1v) is 12.2. The number of hydrogen-bond donors (Lipinski definition) is 1. The minimum absolute atomic E-state index is 0. The van der Waals surface area contributed by atoms with Gasteiger partial charge in [-0.25, -0.2) is 4.99 Å². The molecule has 0 aliphatic carbocycles. The van der Waals surface area contributed by atoms with E-state index in [1.165, 1.54) is 51.4 Å². The quantitative estimate of drug-likeness (QED) is 0.203. The van der Waals surface area contributed by atoms with Crippen molar-refractivity contribution < 1.29 is 44.3 Å². The Kier molecular flexibility index (Phi) is 13.6. The summed E-state index contributed by atoms with van der Waals surface area (Å²) in [5, 5.41) is 14.5. The Balaban J connectivity index is 0.00000544. The number of nitrogens with zero attached hydrogens (tertiary/aromatic N) is 1. The molecule has 1 aromatic carbocycles. The van der Waals surface area contributed by atoms with Crippen LogP contribution in [0.1, 0.15) is 101 Å². The number of allylic oxidation sites excluding steroid dienone is 1. The molecule has 0 radical (unpaired) electrons. The summed E-state index contributed by atoms with van der Waals surface area (Å²) < 4.78 is 0. The third-order valence-electron chi connectivity index (χ3n) is 6.04. The van der Waals surface area contributed by atoms with Gasteiger partial charge in [-0.15, -0.1) is 6.26 Å². The van der Waals surface area contributed by atoms with Crippen LogP contribution >= 0.6 is 11.6 Å². The maximum Gasteiger partial charge on any atom is 1.00 e. The zero-order valence-corrected chi connectivity index (χ0v) is 23.4. The average molecular weight is 483 g/mol. The molecule has 0 aromatic heterocycles. The molecule has 176 valence electrons. The van der Waals surface area contributed by atoms with Crippen molar-refractivity contribution in [2.45, 2.75) is 85.0 Å². The number of carbonyl (C=O) groups excluding carboxylic acids is 2. The standard InChI is InChI=1S/C26H37ClN2O3.Na/c1-4-5-6-7-8-9-10-11-12-13-16-28-25(32)19-14-15-21(27)20(17-19)23-26(2,3)24(31)22(18-30)29-23;/h14-15,17-18,30H,4-13,16H2,1-3H3,(H,28,32);/q;+1/p-1/b22-18+;. The van der Waals surface area contributed by atoms with E-state index in [-0.39, 0.29) is 46.9 Å². The van der Waals surface area contributed by atoms with Crippen LogP contribution in [0.2, 0.25) is 5.02 Å². The summed E-state index contributed by atoms with van der Waals surface area (Å²) in [4.78, 5) is 29.2. The molecule has 1 N–H and O–H groups in total. The van der Waals surface area contributed by atoms with Gasteiger partial charge in [0.25, 0.3) is 5.91 Å². The fourth-order valence-corrected chi connectivity index (χ4v) is 4.19. The smallest absolute Gasteiger partial charge is 0.876 e. The molecule has 5 nitrogen and oxygen atoms in total. The van der Waals surface area contributed by atoms with E-state index in [2.05, 4.69) is 17.2 Å². The fourth-order valence-electron chi connectivity index (χ4n) is 3.98. The Bertz CT molecular complexity index is 865. The topological polar surface area (TPSA) is 81.6 Å². The van der Waals surface area contributed by atoms with Crippen molar-refractivity contribution in [2.24, 2.45) is 10.4 Å². The molecule has 0 unspecified atom stereocenters. The van der Waals surface area contributed by atoms with Gasteiger partial charge in [-0.05, 0) is 38.5 Å². The molecule has 0 spiro atoms. The van der Waals surface area contributed by atoms with Crippen LogP contribution < -0.4 is 40.0 Å². The minimum Gasteiger partial charge on any atom is -0.876 e. The molecular formula is C26H36ClN2NaO3. The van der Waals surface area contributed by atoms with E-state index in [4.69, 9.17) is 11.6 Å². The number of nitrogens with one attached hydrogen (secondary N) is 1. The van der Waals surface area contributed by atoms with Gasteiger partial charge in [0.1, 0.15) is 0 Å². The summed E-state index contributed by atoms with van der Waals surface area (Å²) in [5.41, 5.74) is 0.302. The maximum absolute atomic E-state index is 12.6. The average Bonchev–Trinajstić information content (AvgIpc) is 3.00. The minimum atomic E-state index is -0.967. The van der Waals surface area contributed by atoms with Crippen molar-refractivity contribution in [3.05, 3.63) is 46.3 Å². The molecule has 2 rings (SSSR count). The van der Waals surface area contributed by atoms with Crippen LogP contribution in [0.3, 0.4) is 0 Å². The number of rotatable bonds is 13. The molecule has 0 saturated carbocycles. The van der Waals surface area contributed by atoms with Gasteiger partial charge in [-0.2, -0.15) is 0 Å². The first kappa shape index (κ1) is 29.9. The molecule has 0 saturated heterocycles. The zero-order valence-electron chi connectivity index (χ0n) is 20.6. The largest absolute Gasteiger partial charge is 1.00 e. The molecule has 0 fully saturated rings. The zero-order chi connectivity index (χ0) is 23.6. The third kappa shape index (κ3) is 8.54. The number of Topliss-reactive ketones (excluding diaryl/α,β-unsaturated/α-hetero) is 1. The number of amides is 1. The molecule has 1 amide bonds. The van der Waals surface area contributed by atoms with E-state index in [9.17, 15) is 14.7 Å². The predicted octanol–water partition coefficient (Wildman–Crippen LogP) is 2.59. The number of aliphatic imine (C=N–C) groups is 1. The van der Waals surface area contributed by atoms with Crippen molar-refractivity contribution in [1.82, 2.24) is 5.32 Å². The number of halogens is 1. The van der Waals surface area contributed by atoms with Crippen molar-refractivity contribution in [1.29, 1.82) is 0 Å². The van der Waals surface area contributed by atoms with Crippen molar-refractivity contribution in [2.75, 3.05) is 6.54 Å². The molecule has 33 heavy (non-hydrogen) atoms. The van der Waals surface area contributed by atoms with Gasteiger partial charge >= 0.3 is 29.6 Å². The van der Waals surface area contributed by atoms with Gasteiger partial charge in [-0.1, -0.05) is 76.3 Å². The molecular weight excluding hydrogens is 447 g/mol. The van der Waals surface area contributed by atoms with Gasteiger partial charge in [-0.3, -0.25) is 9.59 Å². The van der Waals surface area contributed by atoms with E-state index in [1.807, 2.05) is 0 Å². The Hall–Kier alpha value is -1.14. The van der Waals surface area contributed by atoms with Crippen molar-refractivity contribution >= 4 is 29.0 Å². The number of ketones is 1. The summed E-state index contributed by atoms with van der Waals surface area (Å²) in [7, 11) is 0. The first-order valence-electron chi connectivity index (χ1n) is 11.9. The van der Waals surface area contributed by atoms with E-state index in [1.54, 1.807) is 32.0 Å². The summed E-state index contributed by atoms with van der Waals surface area (Å²) in [6.07, 6.45) is 13.0. The van der Waals surface area contributed by atoms with Gasteiger partial charge in [0.05, 0.1) is 16.8 Å². The third-order valence-corrected chi connectivity index (χ3v) is 6.37. The molecule has 1 aliphatic rings. The van der Waals surface area contributed by atoms with Gasteiger partial charge in [0, 0.05) is 22.7 Å². The molecule has 1 aliphatic heterocycles. The number of hydrogen-bond acceptors (Lipinski definition) is 4. The summed E-state index contributed by atoms with van der Waals surface area (Å²) in [6.45, 7) is 6.28. The first-order chi connectivity index (χ1) is 15.3. The van der Waals surface area contributed by atoms with Crippen LogP contribution in [0.5, 0.6) is 0 Å². The van der Waals surface area contributed by atoms with Crippen LogP contribution in [-0.4, -0.2) is 23.9 Å². The second-order valence-electron chi connectivity index (χ2n) is 9.05. The second-order valence-corrected chi connectivity index (χ2v) is 9.46. The van der Waals surface area contributed by atoms with Crippen LogP contribution in [0.25, 0.3) is 0 Å². The van der Waals surface area contributed by atoms with E-state index in [0.29, 0.717) is 34.7 Å². The maximum atomic E-state index is 12.6. The second kappa shape index (κ2) is 15.0.